The smallest absolute Gasteiger partial charge is 0.373 e. The van der Waals surface area contributed by atoms with Gasteiger partial charge in [0.25, 0.3) is 0 Å². The zero-order valence-corrected chi connectivity index (χ0v) is 16.0. The summed E-state index contributed by atoms with van der Waals surface area (Å²) in [6.45, 7) is 1.68. The van der Waals surface area contributed by atoms with E-state index in [1.807, 2.05) is 30.3 Å². The van der Waals surface area contributed by atoms with Crippen molar-refractivity contribution in [2.24, 2.45) is 0 Å². The number of hydrogen-bond donors (Lipinski definition) is 0. The zero-order valence-electron chi connectivity index (χ0n) is 15.2. The number of rotatable bonds is 6. The lowest BCUT2D eigenvalue weighted by Gasteiger charge is -2.02. The molecule has 2 aromatic heterocycles. The number of para-hydroxylation sites is 1. The molecule has 0 aliphatic rings. The molecule has 144 valence electrons. The fourth-order valence-electron chi connectivity index (χ4n) is 2.45. The number of ether oxygens (including phenoxy) is 2. The van der Waals surface area contributed by atoms with E-state index in [0.29, 0.717) is 22.2 Å². The molecule has 0 bridgehead atoms. The molecule has 0 amide bonds. The second kappa shape index (κ2) is 8.58. The Kier molecular flexibility index (Phi) is 5.96. The van der Waals surface area contributed by atoms with Crippen LogP contribution in [0.2, 0.25) is 5.15 Å². The van der Waals surface area contributed by atoms with Gasteiger partial charge in [0.05, 0.1) is 18.5 Å². The summed E-state index contributed by atoms with van der Waals surface area (Å²) in [6, 6.07) is 12.4. The Morgan fingerprint density at radius 1 is 1.21 bits per heavy atom. The molecule has 0 radical (unpaired) electrons. The van der Waals surface area contributed by atoms with Crippen LogP contribution in [0.25, 0.3) is 11.8 Å². The summed E-state index contributed by atoms with van der Waals surface area (Å²) in [5.41, 5.74) is 2.11. The number of benzene rings is 1. The lowest BCUT2D eigenvalue weighted by atomic mass is 10.2. The summed E-state index contributed by atoms with van der Waals surface area (Å²) < 4.78 is 16.5. The van der Waals surface area contributed by atoms with Crippen molar-refractivity contribution in [3.05, 3.63) is 76.5 Å². The van der Waals surface area contributed by atoms with E-state index < -0.39 is 11.9 Å². The molecule has 8 heteroatoms. The topological polar surface area (TPSA) is 83.6 Å². The average molecular weight is 401 g/mol. The average Bonchev–Trinajstić information content (AvgIpc) is 3.29. The number of hydrogen-bond acceptors (Lipinski definition) is 6. The van der Waals surface area contributed by atoms with Gasteiger partial charge in [0.2, 0.25) is 5.76 Å². The van der Waals surface area contributed by atoms with Crippen LogP contribution in [-0.2, 0) is 20.9 Å². The van der Waals surface area contributed by atoms with Gasteiger partial charge in [-0.3, -0.25) is 0 Å². The molecule has 0 atom stereocenters. The maximum Gasteiger partial charge on any atom is 0.373 e. The number of aromatic nitrogens is 2. The molecule has 1 aromatic carbocycles. The molecule has 0 saturated carbocycles. The molecule has 28 heavy (non-hydrogen) atoms. The Morgan fingerprint density at radius 2 is 1.96 bits per heavy atom. The van der Waals surface area contributed by atoms with E-state index in [9.17, 15) is 9.59 Å². The van der Waals surface area contributed by atoms with Gasteiger partial charge in [-0.05, 0) is 37.3 Å². The number of esters is 2. The molecular weight excluding hydrogens is 384 g/mol. The number of nitrogens with zero attached hydrogens (tertiary/aromatic N) is 2. The van der Waals surface area contributed by atoms with E-state index >= 15 is 0 Å². The Balaban J connectivity index is 1.65. The van der Waals surface area contributed by atoms with Crippen molar-refractivity contribution < 1.29 is 23.5 Å². The van der Waals surface area contributed by atoms with Gasteiger partial charge in [0, 0.05) is 11.6 Å². The fourth-order valence-corrected chi connectivity index (χ4v) is 2.78. The standard InChI is InChI=1S/C20H17ClN2O5/c1-13-16(19(21)23(22-13)14-6-4-3-5-7-14)9-11-18(24)27-12-15-8-10-17(28-15)20(25)26-2/h3-11H,12H2,1-2H3/b11-9+. The first-order chi connectivity index (χ1) is 13.5. The van der Waals surface area contributed by atoms with Crippen molar-refractivity contribution in [3.8, 4) is 5.69 Å². The van der Waals surface area contributed by atoms with Crippen molar-refractivity contribution in [2.75, 3.05) is 7.11 Å². The predicted molar refractivity (Wildman–Crippen MR) is 102 cm³/mol. The zero-order chi connectivity index (χ0) is 20.1. The van der Waals surface area contributed by atoms with E-state index in [1.54, 1.807) is 17.7 Å². The second-order valence-corrected chi connectivity index (χ2v) is 6.09. The van der Waals surface area contributed by atoms with Gasteiger partial charge in [-0.25, -0.2) is 14.3 Å². The fraction of sp³-hybridized carbons (Fsp3) is 0.150. The Morgan fingerprint density at radius 3 is 2.68 bits per heavy atom. The minimum Gasteiger partial charge on any atom is -0.463 e. The largest absolute Gasteiger partial charge is 0.463 e. The second-order valence-electron chi connectivity index (χ2n) is 5.74. The summed E-state index contributed by atoms with van der Waals surface area (Å²) in [5, 5.41) is 4.79. The number of furan rings is 1. The summed E-state index contributed by atoms with van der Waals surface area (Å²) in [5.74, 6) is -0.815. The molecule has 3 rings (SSSR count). The summed E-state index contributed by atoms with van der Waals surface area (Å²) in [6.07, 6.45) is 2.81. The minimum absolute atomic E-state index is 0.0415. The van der Waals surface area contributed by atoms with Crippen LogP contribution in [0.15, 0.2) is 53.0 Å². The normalized spacial score (nSPS) is 11.0. The SMILES string of the molecule is COC(=O)c1ccc(COC(=O)/C=C/c2c(C)nn(-c3ccccc3)c2Cl)o1. The summed E-state index contributed by atoms with van der Waals surface area (Å²) >= 11 is 6.41. The van der Waals surface area contributed by atoms with Crippen LogP contribution in [-0.4, -0.2) is 28.8 Å². The van der Waals surface area contributed by atoms with Gasteiger partial charge in [-0.15, -0.1) is 0 Å². The number of aryl methyl sites for hydroxylation is 1. The van der Waals surface area contributed by atoms with Crippen LogP contribution >= 0.6 is 11.6 Å². The van der Waals surface area contributed by atoms with Crippen LogP contribution in [0, 0.1) is 6.92 Å². The Hall–Kier alpha value is -3.32. The monoisotopic (exact) mass is 400 g/mol. The van der Waals surface area contributed by atoms with Crippen LogP contribution in [0.5, 0.6) is 0 Å². The molecule has 2 heterocycles. The quantitative estimate of drug-likeness (QED) is 0.460. The molecule has 0 unspecified atom stereocenters. The molecule has 0 saturated heterocycles. The third-order valence-electron chi connectivity index (χ3n) is 3.84. The lowest BCUT2D eigenvalue weighted by Crippen LogP contribution is -2.01. The minimum atomic E-state index is -0.599. The van der Waals surface area contributed by atoms with Crippen molar-refractivity contribution in [2.45, 2.75) is 13.5 Å². The maximum atomic E-state index is 12.0. The van der Waals surface area contributed by atoms with Crippen molar-refractivity contribution in [3.63, 3.8) is 0 Å². The molecular formula is C20H17ClN2O5. The first kappa shape index (κ1) is 19.4. The number of carbonyl (C=O) groups excluding carboxylic acids is 2. The van der Waals surface area contributed by atoms with Crippen LogP contribution < -0.4 is 0 Å². The third kappa shape index (κ3) is 4.32. The van der Waals surface area contributed by atoms with E-state index in [1.165, 1.54) is 25.3 Å². The van der Waals surface area contributed by atoms with Gasteiger partial charge in [-0.1, -0.05) is 29.8 Å². The van der Waals surface area contributed by atoms with E-state index in [4.69, 9.17) is 20.8 Å². The predicted octanol–water partition coefficient (Wildman–Crippen LogP) is 3.97. The maximum absolute atomic E-state index is 12.0. The molecule has 0 N–H and O–H groups in total. The summed E-state index contributed by atoms with van der Waals surface area (Å²) in [7, 11) is 1.25. The highest BCUT2D eigenvalue weighted by molar-refractivity contribution is 6.31. The van der Waals surface area contributed by atoms with Gasteiger partial charge in [0.1, 0.15) is 17.5 Å². The van der Waals surface area contributed by atoms with Crippen LogP contribution in [0.1, 0.15) is 27.6 Å². The van der Waals surface area contributed by atoms with E-state index in [2.05, 4.69) is 9.84 Å². The molecule has 0 fully saturated rings. The molecule has 3 aromatic rings. The highest BCUT2D eigenvalue weighted by Crippen LogP contribution is 2.24. The lowest BCUT2D eigenvalue weighted by molar-refractivity contribution is -0.139. The summed E-state index contributed by atoms with van der Waals surface area (Å²) in [4.78, 5) is 23.3. The third-order valence-corrected chi connectivity index (χ3v) is 4.20. The van der Waals surface area contributed by atoms with Crippen LogP contribution in [0.3, 0.4) is 0 Å². The highest BCUT2D eigenvalue weighted by Gasteiger charge is 2.14. The van der Waals surface area contributed by atoms with Gasteiger partial charge >= 0.3 is 11.9 Å². The molecule has 0 spiro atoms. The van der Waals surface area contributed by atoms with Crippen molar-refractivity contribution in [1.82, 2.24) is 9.78 Å². The first-order valence-corrected chi connectivity index (χ1v) is 8.70. The Labute approximate surface area is 166 Å². The van der Waals surface area contributed by atoms with Gasteiger partial charge in [-0.2, -0.15) is 5.10 Å². The highest BCUT2D eigenvalue weighted by atomic mass is 35.5. The number of carbonyl (C=O) groups is 2. The number of halogens is 1. The molecule has 7 nitrogen and oxygen atoms in total. The first-order valence-electron chi connectivity index (χ1n) is 8.32. The Bertz CT molecular complexity index is 1020. The van der Waals surface area contributed by atoms with E-state index in [0.717, 1.165) is 5.69 Å². The van der Waals surface area contributed by atoms with Crippen LogP contribution in [0.4, 0.5) is 0 Å². The van der Waals surface area contributed by atoms with E-state index in [-0.39, 0.29) is 12.4 Å². The molecule has 0 aliphatic carbocycles. The molecule has 0 aliphatic heterocycles. The van der Waals surface area contributed by atoms with Crippen molar-refractivity contribution in [1.29, 1.82) is 0 Å². The van der Waals surface area contributed by atoms with Gasteiger partial charge in [0.15, 0.2) is 0 Å². The van der Waals surface area contributed by atoms with Crippen molar-refractivity contribution >= 4 is 29.6 Å². The number of methoxy groups -OCH3 is 1. The van der Waals surface area contributed by atoms with Gasteiger partial charge < -0.3 is 13.9 Å².